The number of hydrogen-bond donors (Lipinski definition) is 1. The lowest BCUT2D eigenvalue weighted by molar-refractivity contribution is 0.391. The molecule has 0 saturated heterocycles. The number of nitrogens with one attached hydrogen (secondary N) is 1. The summed E-state index contributed by atoms with van der Waals surface area (Å²) in [7, 11) is 1.29. The molecule has 1 rings (SSSR count). The van der Waals surface area contributed by atoms with Crippen LogP contribution in [0.4, 0.5) is 10.1 Å². The van der Waals surface area contributed by atoms with Crippen LogP contribution in [0.5, 0.6) is 0 Å². The topological polar surface area (TPSA) is 60.1 Å². The van der Waals surface area contributed by atoms with Crippen LogP contribution in [0.1, 0.15) is 0 Å². The zero-order valence-electron chi connectivity index (χ0n) is 7.49. The molecule has 0 aliphatic rings. The van der Waals surface area contributed by atoms with Gasteiger partial charge in [0.15, 0.2) is 6.19 Å². The third-order valence-corrected chi connectivity index (χ3v) is 1.58. The number of amidine groups is 1. The number of hydrogen-bond acceptors (Lipinski definition) is 3. The molecule has 14 heavy (non-hydrogen) atoms. The van der Waals surface area contributed by atoms with Crippen molar-refractivity contribution in [1.82, 2.24) is 0 Å². The Bertz CT molecular complexity index is 369. The second-order valence-electron chi connectivity index (χ2n) is 2.42. The minimum atomic E-state index is -0.393. The average molecular weight is 193 g/mol. The molecule has 0 atom stereocenters. The monoisotopic (exact) mass is 193 g/mol. The lowest BCUT2D eigenvalue weighted by Gasteiger charge is -2.13. The Kier molecular flexibility index (Phi) is 3.02. The maximum Gasteiger partial charge on any atom is 0.302 e. The smallest absolute Gasteiger partial charge is 0.302 e. The van der Waals surface area contributed by atoms with Crippen LogP contribution in [0.15, 0.2) is 24.3 Å². The van der Waals surface area contributed by atoms with Gasteiger partial charge in [-0.15, -0.1) is 0 Å². The van der Waals surface area contributed by atoms with Crippen molar-refractivity contribution in [3.05, 3.63) is 30.1 Å². The fraction of sp³-hybridized carbons (Fsp3) is 0.111. The number of anilines is 1. The Morgan fingerprint density at radius 3 is 2.50 bits per heavy atom. The summed E-state index contributed by atoms with van der Waals surface area (Å²) in [6.45, 7) is 0. The standard InChI is InChI=1S/C9H8FN3O/c1-14-9(12)13(6-11)8-4-2-7(10)3-5-8/h2-5,12H,1H3. The summed E-state index contributed by atoms with van der Waals surface area (Å²) in [5, 5.41) is 16.0. The largest absolute Gasteiger partial charge is 0.468 e. The van der Waals surface area contributed by atoms with E-state index in [0.29, 0.717) is 5.69 Å². The normalized spacial score (nSPS) is 8.93. The molecular weight excluding hydrogens is 185 g/mol. The third-order valence-electron chi connectivity index (χ3n) is 1.58. The molecule has 1 aromatic rings. The predicted molar refractivity (Wildman–Crippen MR) is 49.2 cm³/mol. The molecule has 0 saturated carbocycles. The van der Waals surface area contributed by atoms with Crippen LogP contribution in [0.3, 0.4) is 0 Å². The van der Waals surface area contributed by atoms with Gasteiger partial charge in [-0.05, 0) is 24.3 Å². The number of nitrogens with zero attached hydrogens (tertiary/aromatic N) is 2. The Balaban J connectivity index is 2.97. The molecule has 72 valence electrons. The van der Waals surface area contributed by atoms with Gasteiger partial charge in [0.2, 0.25) is 0 Å². The summed E-state index contributed by atoms with van der Waals surface area (Å²) >= 11 is 0. The van der Waals surface area contributed by atoms with E-state index in [4.69, 9.17) is 10.7 Å². The van der Waals surface area contributed by atoms with E-state index < -0.39 is 5.82 Å². The van der Waals surface area contributed by atoms with Crippen molar-refractivity contribution in [2.45, 2.75) is 0 Å². The van der Waals surface area contributed by atoms with E-state index in [1.165, 1.54) is 31.4 Å². The first-order valence-electron chi connectivity index (χ1n) is 3.77. The van der Waals surface area contributed by atoms with Gasteiger partial charge in [0.05, 0.1) is 12.8 Å². The quantitative estimate of drug-likeness (QED) is 0.319. The van der Waals surface area contributed by atoms with Crippen LogP contribution in [0.2, 0.25) is 0 Å². The maximum atomic E-state index is 12.6. The van der Waals surface area contributed by atoms with Crippen molar-refractivity contribution in [2.75, 3.05) is 12.0 Å². The molecule has 0 bridgehead atoms. The molecule has 0 radical (unpaired) electrons. The first-order valence-corrected chi connectivity index (χ1v) is 3.77. The summed E-state index contributed by atoms with van der Waals surface area (Å²) in [6, 6.07) is 4.91. The Morgan fingerprint density at radius 2 is 2.07 bits per heavy atom. The molecule has 0 aromatic heterocycles. The fourth-order valence-corrected chi connectivity index (χ4v) is 0.902. The van der Waals surface area contributed by atoms with Crippen LogP contribution < -0.4 is 4.90 Å². The molecule has 1 N–H and O–H groups in total. The van der Waals surface area contributed by atoms with Crippen LogP contribution >= 0.6 is 0 Å². The van der Waals surface area contributed by atoms with Gasteiger partial charge in [0.1, 0.15) is 5.82 Å². The first kappa shape index (κ1) is 9.99. The highest BCUT2D eigenvalue weighted by Crippen LogP contribution is 2.14. The van der Waals surface area contributed by atoms with Crippen LogP contribution in [0, 0.1) is 22.7 Å². The summed E-state index contributed by atoms with van der Waals surface area (Å²) in [5.41, 5.74) is 0.390. The maximum absolute atomic E-state index is 12.6. The lowest BCUT2D eigenvalue weighted by atomic mass is 10.3. The Hall–Kier alpha value is -2.09. The first-order chi connectivity index (χ1) is 6.69. The van der Waals surface area contributed by atoms with E-state index in [1.54, 1.807) is 6.19 Å². The lowest BCUT2D eigenvalue weighted by Crippen LogP contribution is -2.25. The van der Waals surface area contributed by atoms with E-state index in [0.717, 1.165) is 4.90 Å². The molecule has 0 fully saturated rings. The SMILES string of the molecule is COC(=N)N(C#N)c1ccc(F)cc1. The molecule has 4 nitrogen and oxygen atoms in total. The summed E-state index contributed by atoms with van der Waals surface area (Å²) in [4.78, 5) is 0.944. The van der Waals surface area contributed by atoms with Crippen LogP contribution in [-0.2, 0) is 4.74 Å². The van der Waals surface area contributed by atoms with Gasteiger partial charge in [-0.1, -0.05) is 0 Å². The highest BCUT2D eigenvalue weighted by Gasteiger charge is 2.11. The summed E-state index contributed by atoms with van der Waals surface area (Å²) < 4.78 is 17.1. The Labute approximate surface area is 80.6 Å². The van der Waals surface area contributed by atoms with Crippen LogP contribution in [0.25, 0.3) is 0 Å². The van der Waals surface area contributed by atoms with Gasteiger partial charge in [0, 0.05) is 0 Å². The second-order valence-corrected chi connectivity index (χ2v) is 2.42. The minimum Gasteiger partial charge on any atom is -0.468 e. The van der Waals surface area contributed by atoms with Gasteiger partial charge < -0.3 is 4.74 Å². The number of ether oxygens (including phenoxy) is 1. The van der Waals surface area contributed by atoms with Gasteiger partial charge >= 0.3 is 6.02 Å². The highest BCUT2D eigenvalue weighted by molar-refractivity contribution is 5.92. The third kappa shape index (κ3) is 1.98. The van der Waals surface area contributed by atoms with Crippen molar-refractivity contribution in [2.24, 2.45) is 0 Å². The molecule has 0 spiro atoms. The average Bonchev–Trinajstić information content (AvgIpc) is 2.21. The second kappa shape index (κ2) is 4.23. The van der Waals surface area contributed by atoms with Crippen molar-refractivity contribution >= 4 is 11.7 Å². The van der Waals surface area contributed by atoms with E-state index in [2.05, 4.69) is 4.74 Å². The molecular formula is C9H8FN3O. The van der Waals surface area contributed by atoms with E-state index >= 15 is 0 Å². The minimum absolute atomic E-state index is 0.306. The molecule has 0 aliphatic carbocycles. The number of halogens is 1. The zero-order chi connectivity index (χ0) is 10.6. The van der Waals surface area contributed by atoms with E-state index in [1.807, 2.05) is 0 Å². The molecule has 0 amide bonds. The van der Waals surface area contributed by atoms with Gasteiger partial charge in [0.25, 0.3) is 0 Å². The van der Waals surface area contributed by atoms with Crippen LogP contribution in [-0.4, -0.2) is 13.1 Å². The van der Waals surface area contributed by atoms with Gasteiger partial charge in [-0.25, -0.2) is 9.29 Å². The van der Waals surface area contributed by atoms with Crippen molar-refractivity contribution in [3.63, 3.8) is 0 Å². The molecule has 0 aliphatic heterocycles. The molecule has 0 heterocycles. The van der Waals surface area contributed by atoms with Gasteiger partial charge in [-0.3, -0.25) is 5.41 Å². The summed E-state index contributed by atoms with van der Waals surface area (Å²) in [5.74, 6) is -0.393. The van der Waals surface area contributed by atoms with Gasteiger partial charge in [-0.2, -0.15) is 5.26 Å². The number of rotatable bonds is 1. The number of methoxy groups -OCH3 is 1. The number of nitriles is 1. The van der Waals surface area contributed by atoms with Crippen molar-refractivity contribution in [1.29, 1.82) is 10.7 Å². The highest BCUT2D eigenvalue weighted by atomic mass is 19.1. The zero-order valence-corrected chi connectivity index (χ0v) is 7.49. The molecule has 5 heteroatoms. The van der Waals surface area contributed by atoms with E-state index in [-0.39, 0.29) is 6.02 Å². The summed E-state index contributed by atoms with van der Waals surface area (Å²) in [6.07, 6.45) is 1.75. The fourth-order valence-electron chi connectivity index (χ4n) is 0.902. The van der Waals surface area contributed by atoms with E-state index in [9.17, 15) is 4.39 Å². The molecule has 0 unspecified atom stereocenters. The Morgan fingerprint density at radius 1 is 1.50 bits per heavy atom. The van der Waals surface area contributed by atoms with Crippen molar-refractivity contribution in [3.8, 4) is 6.19 Å². The number of benzene rings is 1. The van der Waals surface area contributed by atoms with Crippen molar-refractivity contribution < 1.29 is 9.13 Å². The predicted octanol–water partition coefficient (Wildman–Crippen LogP) is 1.69. The molecule has 1 aromatic carbocycles.